The van der Waals surface area contributed by atoms with Crippen LogP contribution in [0.25, 0.3) is 0 Å². The summed E-state index contributed by atoms with van der Waals surface area (Å²) in [6.45, 7) is 3.33. The van der Waals surface area contributed by atoms with Crippen LogP contribution in [0.4, 0.5) is 0 Å². The summed E-state index contributed by atoms with van der Waals surface area (Å²) >= 11 is 2.61. The number of rotatable bonds is 3. The van der Waals surface area contributed by atoms with Gasteiger partial charge in [0, 0.05) is 5.56 Å². The summed E-state index contributed by atoms with van der Waals surface area (Å²) in [4.78, 5) is 10.9. The van der Waals surface area contributed by atoms with Crippen molar-refractivity contribution >= 4 is 29.1 Å². The van der Waals surface area contributed by atoms with E-state index < -0.39 is 12.1 Å². The quantitative estimate of drug-likeness (QED) is 0.794. The highest BCUT2D eigenvalue weighted by Crippen LogP contribution is 2.37. The Morgan fingerprint density at radius 1 is 1.64 bits per heavy atom. The predicted octanol–water partition coefficient (Wildman–Crippen LogP) is 1.20. The zero-order valence-electron chi connectivity index (χ0n) is 8.16. The number of carboxylic acids is 1. The van der Waals surface area contributed by atoms with Gasteiger partial charge in [0.1, 0.15) is 0 Å². The maximum atomic E-state index is 10.7. The van der Waals surface area contributed by atoms with E-state index in [4.69, 9.17) is 0 Å². The molecule has 0 bridgehead atoms. The molecule has 1 aromatic heterocycles. The molecule has 0 aliphatic rings. The second-order valence-electron chi connectivity index (χ2n) is 2.92. The third-order valence-corrected chi connectivity index (χ3v) is 4.37. The summed E-state index contributed by atoms with van der Waals surface area (Å²) < 4.78 is 0.844. The smallest absolute Gasteiger partial charge is 0.0818 e. The Morgan fingerprint density at radius 2 is 2.21 bits per heavy atom. The first-order chi connectivity index (χ1) is 6.49. The van der Waals surface area contributed by atoms with Gasteiger partial charge in [-0.05, 0) is 25.7 Å². The third kappa shape index (κ3) is 1.94. The van der Waals surface area contributed by atoms with Crippen LogP contribution in [0, 0.1) is 6.92 Å². The molecule has 0 saturated heterocycles. The van der Waals surface area contributed by atoms with Crippen molar-refractivity contribution in [2.24, 2.45) is 0 Å². The fraction of sp³-hybridized carbons (Fsp3) is 0.444. The van der Waals surface area contributed by atoms with Gasteiger partial charge < -0.3 is 15.0 Å². The third-order valence-electron chi connectivity index (χ3n) is 1.95. The number of hydrogen-bond acceptors (Lipinski definition) is 5. The summed E-state index contributed by atoms with van der Waals surface area (Å²) in [5.74, 6) is -1.17. The molecule has 1 atom stereocenters. The Balaban J connectivity index is 3.33. The molecule has 3 nitrogen and oxygen atoms in total. The summed E-state index contributed by atoms with van der Waals surface area (Å²) in [5.41, 5.74) is 1.33. The van der Waals surface area contributed by atoms with Crippen molar-refractivity contribution in [2.45, 2.75) is 24.2 Å². The van der Waals surface area contributed by atoms with Crippen LogP contribution in [-0.4, -0.2) is 17.3 Å². The van der Waals surface area contributed by atoms with Crippen LogP contribution in [0.1, 0.15) is 33.8 Å². The first kappa shape index (κ1) is 11.6. The van der Waals surface area contributed by atoms with E-state index in [2.05, 4.69) is 0 Å². The van der Waals surface area contributed by atoms with Crippen LogP contribution in [0.3, 0.4) is 0 Å². The Labute approximate surface area is 90.8 Å². The maximum Gasteiger partial charge on any atom is 0.0818 e. The molecule has 5 heteroatoms. The lowest BCUT2D eigenvalue weighted by molar-refractivity contribution is -0.254. The molecule has 1 rings (SSSR count). The average molecular weight is 231 g/mol. The van der Waals surface area contributed by atoms with Crippen molar-refractivity contribution in [3.8, 4) is 0 Å². The Morgan fingerprint density at radius 3 is 2.50 bits per heavy atom. The van der Waals surface area contributed by atoms with E-state index in [1.165, 1.54) is 11.8 Å². The van der Waals surface area contributed by atoms with Crippen LogP contribution >= 0.6 is 23.1 Å². The molecule has 0 aromatic carbocycles. The van der Waals surface area contributed by atoms with E-state index in [-0.39, 0.29) is 4.88 Å². The zero-order valence-corrected chi connectivity index (χ0v) is 9.79. The lowest BCUT2D eigenvalue weighted by atomic mass is 10.1. The number of carbonyl (C=O) groups is 1. The van der Waals surface area contributed by atoms with Gasteiger partial charge in [-0.3, -0.25) is 0 Å². The lowest BCUT2D eigenvalue weighted by Gasteiger charge is -2.06. The number of thioether (sulfide) groups is 1. The van der Waals surface area contributed by atoms with Gasteiger partial charge in [-0.25, -0.2) is 0 Å². The Bertz CT molecular complexity index is 355. The van der Waals surface area contributed by atoms with Gasteiger partial charge in [-0.15, -0.1) is 23.1 Å². The molecule has 0 saturated carbocycles. The zero-order chi connectivity index (χ0) is 10.9. The van der Waals surface area contributed by atoms with Crippen LogP contribution in [0.5, 0.6) is 0 Å². The first-order valence-electron chi connectivity index (χ1n) is 4.05. The van der Waals surface area contributed by atoms with E-state index in [0.29, 0.717) is 11.1 Å². The topological polar surface area (TPSA) is 60.4 Å². The molecule has 0 aliphatic heterocycles. The second kappa shape index (κ2) is 4.33. The van der Waals surface area contributed by atoms with Gasteiger partial charge in [0.15, 0.2) is 0 Å². The molecule has 1 heterocycles. The molecule has 0 spiro atoms. The average Bonchev–Trinajstić information content (AvgIpc) is 2.42. The van der Waals surface area contributed by atoms with E-state index in [0.717, 1.165) is 15.5 Å². The largest absolute Gasteiger partial charge is 0.544 e. The number of hydrogen-bond donors (Lipinski definition) is 1. The minimum atomic E-state index is -1.17. The van der Waals surface area contributed by atoms with E-state index in [1.807, 2.05) is 6.26 Å². The summed E-state index contributed by atoms with van der Waals surface area (Å²) in [6, 6.07) is 0. The number of aliphatic hydroxyl groups is 1. The fourth-order valence-corrected chi connectivity index (χ4v) is 3.42. The molecular formula is C9H11O3S2-. The van der Waals surface area contributed by atoms with Crippen molar-refractivity contribution in [1.29, 1.82) is 0 Å². The molecule has 1 aromatic rings. The van der Waals surface area contributed by atoms with Crippen LogP contribution < -0.4 is 5.11 Å². The number of thiophene rings is 1. The molecule has 0 aliphatic carbocycles. The summed E-state index contributed by atoms with van der Waals surface area (Å²) in [6.07, 6.45) is 1.22. The maximum absolute atomic E-state index is 10.7. The molecular weight excluding hydrogens is 220 g/mol. The number of carboxylic acid groups (broad SMARTS) is 1. The van der Waals surface area contributed by atoms with E-state index >= 15 is 0 Å². The van der Waals surface area contributed by atoms with Crippen LogP contribution in [0.15, 0.2) is 4.21 Å². The molecule has 0 radical (unpaired) electrons. The molecule has 0 fully saturated rings. The monoisotopic (exact) mass is 231 g/mol. The van der Waals surface area contributed by atoms with E-state index in [9.17, 15) is 15.0 Å². The van der Waals surface area contributed by atoms with Crippen molar-refractivity contribution in [2.75, 3.05) is 6.26 Å². The highest BCUT2D eigenvalue weighted by atomic mass is 32.2. The lowest BCUT2D eigenvalue weighted by Crippen LogP contribution is -2.21. The molecule has 14 heavy (non-hydrogen) atoms. The highest BCUT2D eigenvalue weighted by Gasteiger charge is 2.18. The van der Waals surface area contributed by atoms with Gasteiger partial charge in [0.25, 0.3) is 0 Å². The van der Waals surface area contributed by atoms with Crippen molar-refractivity contribution in [1.82, 2.24) is 0 Å². The van der Waals surface area contributed by atoms with Gasteiger partial charge in [-0.1, -0.05) is 0 Å². The van der Waals surface area contributed by atoms with Gasteiger partial charge in [0.2, 0.25) is 0 Å². The second-order valence-corrected chi connectivity index (χ2v) is 5.02. The Kier molecular flexibility index (Phi) is 3.58. The number of aromatic carboxylic acids is 1. The van der Waals surface area contributed by atoms with Gasteiger partial charge in [-0.2, -0.15) is 0 Å². The first-order valence-corrected chi connectivity index (χ1v) is 6.09. The summed E-state index contributed by atoms with van der Waals surface area (Å²) in [5, 5.41) is 20.2. The van der Waals surface area contributed by atoms with Crippen LogP contribution in [0.2, 0.25) is 0 Å². The summed E-state index contributed by atoms with van der Waals surface area (Å²) in [7, 11) is 0. The fourth-order valence-electron chi connectivity index (χ4n) is 1.33. The normalized spacial score (nSPS) is 12.9. The highest BCUT2D eigenvalue weighted by molar-refractivity contribution is 8.00. The van der Waals surface area contributed by atoms with Gasteiger partial charge >= 0.3 is 0 Å². The molecule has 1 N–H and O–H groups in total. The standard InChI is InChI=1S/C9H12O3S2/c1-4-6(5(2)10)9(13-3)14-7(4)8(11)12/h5,10H,1-3H3,(H,11,12)/p-1/t5-/m0/s1. The van der Waals surface area contributed by atoms with Crippen molar-refractivity contribution in [3.05, 3.63) is 16.0 Å². The minimum Gasteiger partial charge on any atom is -0.544 e. The Hall–Kier alpha value is -0.520. The SMILES string of the molecule is CSc1sc(C(=O)[O-])c(C)c1[C@H](C)O. The molecule has 78 valence electrons. The van der Waals surface area contributed by atoms with Gasteiger partial charge in [0.05, 0.1) is 21.2 Å². The minimum absolute atomic E-state index is 0.213. The van der Waals surface area contributed by atoms with Crippen molar-refractivity contribution in [3.63, 3.8) is 0 Å². The van der Waals surface area contributed by atoms with Crippen LogP contribution in [-0.2, 0) is 0 Å². The number of carbonyl (C=O) groups excluding carboxylic acids is 1. The molecule has 0 unspecified atom stereocenters. The predicted molar refractivity (Wildman–Crippen MR) is 55.8 cm³/mol. The molecule has 0 amide bonds. The van der Waals surface area contributed by atoms with Crippen molar-refractivity contribution < 1.29 is 15.0 Å². The van der Waals surface area contributed by atoms with E-state index in [1.54, 1.807) is 13.8 Å². The number of aliphatic hydroxyl groups excluding tert-OH is 1.